The molecule has 0 spiro atoms. The minimum Gasteiger partial charge on any atom is -0.321 e. The predicted molar refractivity (Wildman–Crippen MR) is 77.6 cm³/mol. The molecule has 108 valence electrons. The lowest BCUT2D eigenvalue weighted by Crippen LogP contribution is -2.21. The molecule has 1 fully saturated rings. The quantitative estimate of drug-likeness (QED) is 0.868. The van der Waals surface area contributed by atoms with E-state index in [-0.39, 0.29) is 12.0 Å². The Morgan fingerprint density at radius 1 is 1.19 bits per heavy atom. The van der Waals surface area contributed by atoms with Crippen LogP contribution in [0.4, 0.5) is 0 Å². The van der Waals surface area contributed by atoms with Crippen LogP contribution in [0.15, 0.2) is 25.0 Å². The first-order valence-electron chi connectivity index (χ1n) is 7.69. The number of rotatable bonds is 3. The Balaban J connectivity index is 1.62. The van der Waals surface area contributed by atoms with Crippen molar-refractivity contribution in [1.29, 1.82) is 0 Å². The Bertz CT molecular complexity index is 672. The first kappa shape index (κ1) is 12.7. The third-order valence-corrected chi connectivity index (χ3v) is 4.79. The van der Waals surface area contributed by atoms with Crippen molar-refractivity contribution in [3.05, 3.63) is 30.7 Å². The zero-order chi connectivity index (χ0) is 14.2. The molecule has 1 aliphatic heterocycles. The van der Waals surface area contributed by atoms with Crippen LogP contribution in [-0.2, 0) is 4.79 Å². The zero-order valence-corrected chi connectivity index (χ0v) is 11.9. The van der Waals surface area contributed by atoms with Crippen molar-refractivity contribution in [2.45, 2.75) is 44.6 Å². The van der Waals surface area contributed by atoms with Gasteiger partial charge in [-0.3, -0.25) is 4.79 Å². The maximum Gasteiger partial charge on any atom is 0.138 e. The molecule has 1 aliphatic carbocycles. The Morgan fingerprint density at radius 3 is 2.90 bits per heavy atom. The van der Waals surface area contributed by atoms with E-state index in [0.717, 1.165) is 29.8 Å². The van der Waals surface area contributed by atoms with Gasteiger partial charge in [-0.15, -0.1) is 0 Å². The highest BCUT2D eigenvalue weighted by Gasteiger charge is 2.33. The summed E-state index contributed by atoms with van der Waals surface area (Å²) in [7, 11) is 0. The third kappa shape index (κ3) is 2.07. The van der Waals surface area contributed by atoms with Crippen LogP contribution in [0.25, 0.3) is 11.3 Å². The molecule has 0 bridgehead atoms. The molecule has 4 rings (SSSR count). The smallest absolute Gasteiger partial charge is 0.138 e. The summed E-state index contributed by atoms with van der Waals surface area (Å²) in [6.45, 7) is 0. The minimum absolute atomic E-state index is 0.00470. The van der Waals surface area contributed by atoms with Crippen LogP contribution in [0.1, 0.15) is 50.3 Å². The van der Waals surface area contributed by atoms with E-state index in [9.17, 15) is 4.79 Å². The van der Waals surface area contributed by atoms with Gasteiger partial charge in [0.2, 0.25) is 0 Å². The van der Waals surface area contributed by atoms with E-state index in [0.29, 0.717) is 12.2 Å². The fourth-order valence-corrected chi connectivity index (χ4v) is 3.67. The van der Waals surface area contributed by atoms with Crippen molar-refractivity contribution in [1.82, 2.24) is 19.5 Å². The normalized spacial score (nSPS) is 21.0. The summed E-state index contributed by atoms with van der Waals surface area (Å²) in [6, 6.07) is -0.00470. The molecule has 0 radical (unpaired) electrons. The molecule has 2 aliphatic rings. The van der Waals surface area contributed by atoms with Gasteiger partial charge in [-0.05, 0) is 12.8 Å². The summed E-state index contributed by atoms with van der Waals surface area (Å²) in [6.07, 6.45) is 13.3. The van der Waals surface area contributed by atoms with Crippen molar-refractivity contribution in [3.63, 3.8) is 0 Å². The van der Waals surface area contributed by atoms with Crippen molar-refractivity contribution >= 4 is 5.78 Å². The standard InChI is InChI=1S/C16H18N4O/c21-15(11-4-2-1-3-5-11)6-13-16-12(7-17-9-19-16)14-8-18-10-20(13)14/h7-11,13H,1-6H2/t13-/m0/s1. The van der Waals surface area contributed by atoms with Crippen LogP contribution in [0.5, 0.6) is 0 Å². The lowest BCUT2D eigenvalue weighted by atomic mass is 9.84. The van der Waals surface area contributed by atoms with Crippen molar-refractivity contribution in [3.8, 4) is 11.3 Å². The monoisotopic (exact) mass is 282 g/mol. The van der Waals surface area contributed by atoms with Gasteiger partial charge in [0.25, 0.3) is 0 Å². The number of hydrogen-bond acceptors (Lipinski definition) is 4. The molecule has 2 aromatic heterocycles. The van der Waals surface area contributed by atoms with Gasteiger partial charge in [0, 0.05) is 24.1 Å². The number of aromatic nitrogens is 4. The lowest BCUT2D eigenvalue weighted by Gasteiger charge is -2.22. The molecule has 2 aromatic rings. The topological polar surface area (TPSA) is 60.7 Å². The summed E-state index contributed by atoms with van der Waals surface area (Å²) in [4.78, 5) is 25.3. The second kappa shape index (κ2) is 5.06. The molecule has 5 heteroatoms. The maximum atomic E-state index is 12.6. The molecule has 3 heterocycles. The van der Waals surface area contributed by atoms with E-state index in [4.69, 9.17) is 0 Å². The van der Waals surface area contributed by atoms with Crippen LogP contribution < -0.4 is 0 Å². The highest BCUT2D eigenvalue weighted by atomic mass is 16.1. The second-order valence-electron chi connectivity index (χ2n) is 6.03. The third-order valence-electron chi connectivity index (χ3n) is 4.79. The number of Topliss-reactive ketones (excluding diaryl/α,β-unsaturated/α-hetero) is 1. The van der Waals surface area contributed by atoms with E-state index < -0.39 is 0 Å². The summed E-state index contributed by atoms with van der Waals surface area (Å²) < 4.78 is 2.07. The first-order chi connectivity index (χ1) is 10.3. The van der Waals surface area contributed by atoms with Gasteiger partial charge in [0.1, 0.15) is 12.1 Å². The van der Waals surface area contributed by atoms with Gasteiger partial charge in [-0.2, -0.15) is 0 Å². The Morgan fingerprint density at radius 2 is 2.05 bits per heavy atom. The molecule has 0 N–H and O–H groups in total. The molecule has 0 amide bonds. The highest BCUT2D eigenvalue weighted by molar-refractivity contribution is 5.83. The molecule has 0 saturated heterocycles. The Labute approximate surface area is 123 Å². The summed E-state index contributed by atoms with van der Waals surface area (Å²) >= 11 is 0. The van der Waals surface area contributed by atoms with Gasteiger partial charge >= 0.3 is 0 Å². The summed E-state index contributed by atoms with van der Waals surface area (Å²) in [5, 5.41) is 0. The van der Waals surface area contributed by atoms with E-state index in [2.05, 4.69) is 19.5 Å². The van der Waals surface area contributed by atoms with E-state index in [1.165, 1.54) is 19.3 Å². The van der Waals surface area contributed by atoms with Crippen molar-refractivity contribution in [2.24, 2.45) is 5.92 Å². The molecule has 5 nitrogen and oxygen atoms in total. The number of ketones is 1. The van der Waals surface area contributed by atoms with Crippen molar-refractivity contribution < 1.29 is 4.79 Å². The SMILES string of the molecule is O=C(C[C@H]1c2ncncc2-c2cncn21)C1CCCCC1. The van der Waals surface area contributed by atoms with Gasteiger partial charge in [0.05, 0.1) is 30.0 Å². The Hall–Kier alpha value is -2.04. The number of nitrogens with zero attached hydrogens (tertiary/aromatic N) is 4. The Kier molecular flexibility index (Phi) is 3.05. The van der Waals surface area contributed by atoms with Gasteiger partial charge in [-0.1, -0.05) is 19.3 Å². The maximum absolute atomic E-state index is 12.6. The van der Waals surface area contributed by atoms with Crippen molar-refractivity contribution in [2.75, 3.05) is 0 Å². The molecule has 0 aromatic carbocycles. The summed E-state index contributed by atoms with van der Waals surface area (Å²) in [5.41, 5.74) is 3.00. The molecule has 21 heavy (non-hydrogen) atoms. The van der Waals surface area contributed by atoms with Crippen LogP contribution >= 0.6 is 0 Å². The van der Waals surface area contributed by atoms with E-state index >= 15 is 0 Å². The average Bonchev–Trinajstić information content (AvgIpc) is 3.11. The molecular weight excluding hydrogens is 264 g/mol. The van der Waals surface area contributed by atoms with E-state index in [1.807, 2.05) is 12.4 Å². The molecular formula is C16H18N4O. The number of hydrogen-bond donors (Lipinski definition) is 0. The summed E-state index contributed by atoms with van der Waals surface area (Å²) in [5.74, 6) is 0.627. The highest BCUT2D eigenvalue weighted by Crippen LogP contribution is 2.40. The minimum atomic E-state index is -0.00470. The largest absolute Gasteiger partial charge is 0.321 e. The second-order valence-corrected chi connectivity index (χ2v) is 6.03. The number of carbonyl (C=O) groups is 1. The number of carbonyl (C=O) groups excluding carboxylic acids is 1. The number of fused-ring (bicyclic) bond motifs is 3. The van der Waals surface area contributed by atoms with Crippen LogP contribution in [0, 0.1) is 5.92 Å². The van der Waals surface area contributed by atoms with Crippen LogP contribution in [0.3, 0.4) is 0 Å². The van der Waals surface area contributed by atoms with Gasteiger partial charge in [-0.25, -0.2) is 15.0 Å². The zero-order valence-electron chi connectivity index (χ0n) is 11.9. The van der Waals surface area contributed by atoms with Gasteiger partial charge in [0.15, 0.2) is 0 Å². The van der Waals surface area contributed by atoms with Crippen LogP contribution in [0.2, 0.25) is 0 Å². The predicted octanol–water partition coefficient (Wildman–Crippen LogP) is 2.78. The van der Waals surface area contributed by atoms with Crippen LogP contribution in [-0.4, -0.2) is 25.3 Å². The van der Waals surface area contributed by atoms with Gasteiger partial charge < -0.3 is 4.57 Å². The molecule has 1 saturated carbocycles. The lowest BCUT2D eigenvalue weighted by molar-refractivity contribution is -0.124. The fraction of sp³-hybridized carbons (Fsp3) is 0.500. The molecule has 0 unspecified atom stereocenters. The average molecular weight is 282 g/mol. The van der Waals surface area contributed by atoms with E-state index in [1.54, 1.807) is 12.7 Å². The number of imidazole rings is 1. The first-order valence-corrected chi connectivity index (χ1v) is 7.69. The molecule has 1 atom stereocenters. The fourth-order valence-electron chi connectivity index (χ4n) is 3.67.